The predicted octanol–water partition coefficient (Wildman–Crippen LogP) is 4.23. The van der Waals surface area contributed by atoms with Crippen LogP contribution in [-0.2, 0) is 13.0 Å². The molecule has 0 spiro atoms. The molecule has 14 heteroatoms. The van der Waals surface area contributed by atoms with Crippen LogP contribution in [0.25, 0.3) is 0 Å². The largest absolute Gasteiger partial charge is 0.493 e. The van der Waals surface area contributed by atoms with E-state index in [0.717, 1.165) is 28.3 Å². The van der Waals surface area contributed by atoms with Gasteiger partial charge < -0.3 is 14.6 Å². The molecule has 14 nitrogen and oxygen atoms in total. The van der Waals surface area contributed by atoms with Crippen LogP contribution >= 0.6 is 0 Å². The number of aromatic hydroxyl groups is 1. The van der Waals surface area contributed by atoms with Crippen molar-refractivity contribution in [2.45, 2.75) is 19.9 Å². The first kappa shape index (κ1) is 26.3. The van der Waals surface area contributed by atoms with Gasteiger partial charge in [0.15, 0.2) is 22.9 Å². The van der Waals surface area contributed by atoms with Crippen LogP contribution in [0.3, 0.4) is 0 Å². The number of nitro benzene ring substituents is 2. The molecule has 0 aliphatic carbocycles. The number of nitrogens with zero attached hydrogens (tertiary/aromatic N) is 6. The summed E-state index contributed by atoms with van der Waals surface area (Å²) in [6.07, 6.45) is 0.256. The number of azo groups is 1. The van der Waals surface area contributed by atoms with Gasteiger partial charge in [-0.25, -0.2) is 0 Å². The van der Waals surface area contributed by atoms with Gasteiger partial charge in [-0.15, -0.1) is 10.2 Å². The molecule has 0 unspecified atom stereocenters. The lowest BCUT2D eigenvalue weighted by Crippen LogP contribution is -2.23. The number of aromatic nitrogens is 1. The number of nitro groups is 2. The first-order valence-electron chi connectivity index (χ1n) is 10.5. The smallest absolute Gasteiger partial charge is 0.303 e. The van der Waals surface area contributed by atoms with E-state index in [1.807, 2.05) is 6.07 Å². The molecule has 1 heterocycles. The molecule has 0 aliphatic rings. The number of methoxy groups -OCH3 is 2. The number of ether oxygens (including phenoxy) is 2. The normalized spacial score (nSPS) is 10.8. The monoisotopic (exact) mass is 508 g/mol. The molecule has 0 radical (unpaired) electrons. The molecular formula is C23H20N6O8. The van der Waals surface area contributed by atoms with Gasteiger partial charge >= 0.3 is 5.69 Å². The number of benzene rings is 2. The van der Waals surface area contributed by atoms with Crippen LogP contribution in [0.2, 0.25) is 0 Å². The van der Waals surface area contributed by atoms with Crippen molar-refractivity contribution in [1.29, 1.82) is 5.26 Å². The standard InChI is InChI=1S/C23H20N6O8/c1-13-16(12-24)22(30)27(9-8-14-4-7-19(36-2)20(10-14)37-3)23(31)21(13)26-25-17-6-5-15(28(32)33)11-18(17)29(34)35/h4-7,10-11,30H,8-9H2,1-3H3. The van der Waals surface area contributed by atoms with Crippen molar-refractivity contribution in [3.8, 4) is 23.4 Å². The fourth-order valence-electron chi connectivity index (χ4n) is 3.50. The Bertz CT molecular complexity index is 1520. The Kier molecular flexibility index (Phi) is 7.78. The summed E-state index contributed by atoms with van der Waals surface area (Å²) >= 11 is 0. The summed E-state index contributed by atoms with van der Waals surface area (Å²) in [6.45, 7) is 1.33. The molecule has 0 atom stereocenters. The molecule has 3 rings (SSSR count). The van der Waals surface area contributed by atoms with E-state index in [-0.39, 0.29) is 35.5 Å². The third kappa shape index (κ3) is 5.35. The average Bonchev–Trinajstić information content (AvgIpc) is 2.88. The second-order valence-corrected chi connectivity index (χ2v) is 7.57. The van der Waals surface area contributed by atoms with Gasteiger partial charge in [0.1, 0.15) is 11.6 Å². The van der Waals surface area contributed by atoms with E-state index in [2.05, 4.69) is 10.2 Å². The lowest BCUT2D eigenvalue weighted by atomic mass is 10.1. The minimum Gasteiger partial charge on any atom is -0.493 e. The minimum atomic E-state index is -0.868. The Morgan fingerprint density at radius 2 is 1.76 bits per heavy atom. The maximum atomic E-state index is 13.2. The van der Waals surface area contributed by atoms with Crippen molar-refractivity contribution < 1.29 is 24.4 Å². The van der Waals surface area contributed by atoms with Crippen molar-refractivity contribution in [3.05, 3.63) is 83.7 Å². The highest BCUT2D eigenvalue weighted by Crippen LogP contribution is 2.34. The summed E-state index contributed by atoms with van der Waals surface area (Å²) in [7, 11) is 2.97. The van der Waals surface area contributed by atoms with Crippen LogP contribution in [0.1, 0.15) is 16.7 Å². The number of nitriles is 1. The van der Waals surface area contributed by atoms with Gasteiger partial charge in [-0.1, -0.05) is 6.07 Å². The predicted molar refractivity (Wildman–Crippen MR) is 129 cm³/mol. The molecule has 1 N–H and O–H groups in total. The Balaban J connectivity index is 2.04. The highest BCUT2D eigenvalue weighted by Gasteiger charge is 2.22. The molecule has 0 fully saturated rings. The van der Waals surface area contributed by atoms with Gasteiger partial charge in [-0.3, -0.25) is 29.6 Å². The number of hydrogen-bond donors (Lipinski definition) is 1. The molecule has 190 valence electrons. The van der Waals surface area contributed by atoms with Crippen molar-refractivity contribution >= 4 is 22.7 Å². The molecule has 2 aromatic carbocycles. The lowest BCUT2D eigenvalue weighted by Gasteiger charge is -2.14. The number of pyridine rings is 1. The summed E-state index contributed by atoms with van der Waals surface area (Å²) in [4.78, 5) is 33.8. The Morgan fingerprint density at radius 3 is 2.35 bits per heavy atom. The number of hydrogen-bond acceptors (Lipinski definition) is 11. The maximum absolute atomic E-state index is 13.2. The van der Waals surface area contributed by atoms with Gasteiger partial charge in [0.05, 0.1) is 30.1 Å². The second-order valence-electron chi connectivity index (χ2n) is 7.57. The van der Waals surface area contributed by atoms with Crippen molar-refractivity contribution in [2.75, 3.05) is 14.2 Å². The molecule has 0 bridgehead atoms. The average molecular weight is 508 g/mol. The summed E-state index contributed by atoms with van der Waals surface area (Å²) in [5.74, 6) is 0.416. The molecule has 0 amide bonds. The number of aryl methyl sites for hydroxylation is 1. The SMILES string of the molecule is COc1ccc(CCn2c(O)c(C#N)c(C)c(N=Nc3ccc([N+](=O)[O-])cc3[N+](=O)[O-])c2=O)cc1OC. The van der Waals surface area contributed by atoms with Crippen LogP contribution in [0.15, 0.2) is 51.4 Å². The Labute approximate surface area is 208 Å². The van der Waals surface area contributed by atoms with Crippen LogP contribution in [-0.4, -0.2) is 33.7 Å². The molecule has 0 saturated carbocycles. The molecule has 0 aliphatic heterocycles. The summed E-state index contributed by atoms with van der Waals surface area (Å²) in [6, 6.07) is 9.71. The quantitative estimate of drug-likeness (QED) is 0.250. The zero-order valence-electron chi connectivity index (χ0n) is 19.9. The number of non-ortho nitro benzene ring substituents is 1. The van der Waals surface area contributed by atoms with Crippen LogP contribution in [0.5, 0.6) is 17.4 Å². The van der Waals surface area contributed by atoms with Gasteiger partial charge in [-0.2, -0.15) is 5.26 Å². The minimum absolute atomic E-state index is 0.0145. The Hall–Kier alpha value is -5.32. The zero-order valence-corrected chi connectivity index (χ0v) is 19.9. The molecule has 0 saturated heterocycles. The van der Waals surface area contributed by atoms with E-state index < -0.39 is 32.7 Å². The topological polar surface area (TPSA) is 195 Å². The van der Waals surface area contributed by atoms with E-state index >= 15 is 0 Å². The summed E-state index contributed by atoms with van der Waals surface area (Å²) < 4.78 is 11.4. The zero-order chi connectivity index (χ0) is 27.3. The fraction of sp³-hybridized carbons (Fsp3) is 0.217. The van der Waals surface area contributed by atoms with Crippen molar-refractivity contribution in [3.63, 3.8) is 0 Å². The second kappa shape index (κ2) is 11.0. The fourth-order valence-corrected chi connectivity index (χ4v) is 3.50. The third-order valence-electron chi connectivity index (χ3n) is 5.47. The van der Waals surface area contributed by atoms with Crippen LogP contribution in [0, 0.1) is 38.5 Å². The first-order valence-corrected chi connectivity index (χ1v) is 10.5. The van der Waals surface area contributed by atoms with Crippen LogP contribution in [0.4, 0.5) is 22.7 Å². The number of rotatable bonds is 9. The van der Waals surface area contributed by atoms with E-state index in [1.54, 1.807) is 18.2 Å². The van der Waals surface area contributed by atoms with Gasteiger partial charge in [0.25, 0.3) is 11.2 Å². The Morgan fingerprint density at radius 1 is 1.05 bits per heavy atom. The lowest BCUT2D eigenvalue weighted by molar-refractivity contribution is -0.393. The molecular weight excluding hydrogens is 488 g/mol. The first-order chi connectivity index (χ1) is 17.6. The van der Waals surface area contributed by atoms with E-state index in [0.29, 0.717) is 11.5 Å². The van der Waals surface area contributed by atoms with Gasteiger partial charge in [0.2, 0.25) is 5.88 Å². The van der Waals surface area contributed by atoms with E-state index in [1.165, 1.54) is 21.1 Å². The van der Waals surface area contributed by atoms with Gasteiger partial charge in [-0.05, 0) is 37.1 Å². The van der Waals surface area contributed by atoms with E-state index in [9.17, 15) is 35.4 Å². The molecule has 1 aromatic heterocycles. The third-order valence-corrected chi connectivity index (χ3v) is 5.47. The van der Waals surface area contributed by atoms with Crippen molar-refractivity contribution in [2.24, 2.45) is 10.2 Å². The highest BCUT2D eigenvalue weighted by molar-refractivity contribution is 5.62. The molecule has 3 aromatic rings. The highest BCUT2D eigenvalue weighted by atomic mass is 16.6. The molecule has 37 heavy (non-hydrogen) atoms. The summed E-state index contributed by atoms with van der Waals surface area (Å²) in [5.41, 5.74) is -2.12. The van der Waals surface area contributed by atoms with Gasteiger partial charge in [0, 0.05) is 18.2 Å². The van der Waals surface area contributed by atoms with E-state index in [4.69, 9.17) is 9.47 Å². The van der Waals surface area contributed by atoms with Crippen LogP contribution < -0.4 is 15.0 Å². The maximum Gasteiger partial charge on any atom is 0.303 e. The van der Waals surface area contributed by atoms with Crippen molar-refractivity contribution in [1.82, 2.24) is 4.57 Å². The summed E-state index contributed by atoms with van der Waals surface area (Å²) in [5, 5.41) is 50.0.